The molecule has 0 aliphatic carbocycles. The number of carbonyl (C=O) groups excluding carboxylic acids is 1. The van der Waals surface area contributed by atoms with Gasteiger partial charge in [0.25, 0.3) is 0 Å². The molecule has 0 saturated heterocycles. The molecule has 2 aromatic rings. The minimum atomic E-state index is -0.160. The Morgan fingerprint density at radius 1 is 1.08 bits per heavy atom. The van der Waals surface area contributed by atoms with Crippen LogP contribution >= 0.6 is 0 Å². The predicted octanol–water partition coefficient (Wildman–Crippen LogP) is 2.82. The van der Waals surface area contributed by atoms with Gasteiger partial charge in [-0.05, 0) is 35.2 Å². The Kier molecular flexibility index (Phi) is 5.24. The van der Waals surface area contributed by atoms with Crippen molar-refractivity contribution < 1.29 is 19.0 Å². The quantitative estimate of drug-likeness (QED) is 0.839. The fourth-order valence-electron chi connectivity index (χ4n) is 3.42. The van der Waals surface area contributed by atoms with Crippen molar-refractivity contribution in [3.63, 3.8) is 0 Å². The van der Waals surface area contributed by atoms with Gasteiger partial charge in [0.05, 0.1) is 20.3 Å². The van der Waals surface area contributed by atoms with Crippen LogP contribution in [-0.2, 0) is 16.0 Å². The zero-order valence-corrected chi connectivity index (χ0v) is 14.8. The van der Waals surface area contributed by atoms with Gasteiger partial charge < -0.3 is 19.1 Å². The average molecular weight is 341 g/mol. The highest BCUT2D eigenvalue weighted by atomic mass is 16.5. The van der Waals surface area contributed by atoms with Crippen molar-refractivity contribution in [1.82, 2.24) is 4.90 Å². The van der Waals surface area contributed by atoms with E-state index in [2.05, 4.69) is 0 Å². The molecule has 1 atom stereocenters. The number of hydrogen-bond donors (Lipinski definition) is 0. The number of methoxy groups -OCH3 is 3. The molecule has 132 valence electrons. The third kappa shape index (κ3) is 3.33. The molecule has 0 unspecified atom stereocenters. The SMILES string of the molecule is COCC(=O)N1CCc2cc(OC)c(OC)cc2[C@H]1c1ccccc1. The van der Waals surface area contributed by atoms with Crippen LogP contribution in [0.25, 0.3) is 0 Å². The average Bonchev–Trinajstić information content (AvgIpc) is 2.66. The second kappa shape index (κ2) is 7.57. The van der Waals surface area contributed by atoms with E-state index in [0.717, 1.165) is 17.5 Å². The third-order valence-electron chi connectivity index (χ3n) is 4.58. The van der Waals surface area contributed by atoms with Crippen LogP contribution in [0, 0.1) is 0 Å². The van der Waals surface area contributed by atoms with Gasteiger partial charge in [0.1, 0.15) is 6.61 Å². The van der Waals surface area contributed by atoms with Gasteiger partial charge in [-0.3, -0.25) is 4.79 Å². The molecule has 0 radical (unpaired) electrons. The zero-order valence-electron chi connectivity index (χ0n) is 14.8. The lowest BCUT2D eigenvalue weighted by molar-refractivity contribution is -0.137. The summed E-state index contributed by atoms with van der Waals surface area (Å²) in [6.07, 6.45) is 0.772. The molecule has 1 aliphatic rings. The minimum Gasteiger partial charge on any atom is -0.493 e. The normalized spacial score (nSPS) is 16.3. The maximum absolute atomic E-state index is 12.6. The first-order valence-corrected chi connectivity index (χ1v) is 8.27. The van der Waals surface area contributed by atoms with E-state index < -0.39 is 0 Å². The summed E-state index contributed by atoms with van der Waals surface area (Å²) in [6, 6.07) is 13.9. The van der Waals surface area contributed by atoms with Gasteiger partial charge in [0.15, 0.2) is 11.5 Å². The summed E-state index contributed by atoms with van der Waals surface area (Å²) >= 11 is 0. The van der Waals surface area contributed by atoms with E-state index in [4.69, 9.17) is 14.2 Å². The number of rotatable bonds is 5. The first-order valence-electron chi connectivity index (χ1n) is 8.27. The van der Waals surface area contributed by atoms with Crippen molar-refractivity contribution in [2.45, 2.75) is 12.5 Å². The molecular formula is C20H23NO4. The lowest BCUT2D eigenvalue weighted by Gasteiger charge is -2.38. The number of hydrogen-bond acceptors (Lipinski definition) is 4. The topological polar surface area (TPSA) is 48.0 Å². The van der Waals surface area contributed by atoms with Gasteiger partial charge in [-0.1, -0.05) is 30.3 Å². The number of fused-ring (bicyclic) bond motifs is 1. The van der Waals surface area contributed by atoms with Crippen LogP contribution in [0.5, 0.6) is 11.5 Å². The molecule has 1 heterocycles. The number of nitrogens with zero attached hydrogens (tertiary/aromatic N) is 1. The first kappa shape index (κ1) is 17.3. The molecule has 1 amide bonds. The minimum absolute atomic E-state index is 0.0169. The summed E-state index contributed by atoms with van der Waals surface area (Å²) < 4.78 is 16.0. The van der Waals surface area contributed by atoms with Crippen molar-refractivity contribution in [2.75, 3.05) is 34.5 Å². The van der Waals surface area contributed by atoms with Crippen molar-refractivity contribution in [3.05, 3.63) is 59.2 Å². The highest BCUT2D eigenvalue weighted by Gasteiger charge is 2.33. The van der Waals surface area contributed by atoms with E-state index in [1.165, 1.54) is 5.56 Å². The molecule has 0 spiro atoms. The van der Waals surface area contributed by atoms with Gasteiger partial charge in [0.2, 0.25) is 5.91 Å². The second-order valence-corrected chi connectivity index (χ2v) is 5.99. The van der Waals surface area contributed by atoms with Crippen LogP contribution in [0.3, 0.4) is 0 Å². The van der Waals surface area contributed by atoms with Crippen LogP contribution in [0.4, 0.5) is 0 Å². The van der Waals surface area contributed by atoms with Crippen LogP contribution in [0.2, 0.25) is 0 Å². The van der Waals surface area contributed by atoms with Gasteiger partial charge in [-0.15, -0.1) is 0 Å². The van der Waals surface area contributed by atoms with Gasteiger partial charge in [-0.25, -0.2) is 0 Å². The molecule has 1 aliphatic heterocycles. The maximum atomic E-state index is 12.6. The van der Waals surface area contributed by atoms with Gasteiger partial charge in [0, 0.05) is 13.7 Å². The molecule has 25 heavy (non-hydrogen) atoms. The Morgan fingerprint density at radius 3 is 2.40 bits per heavy atom. The predicted molar refractivity (Wildman–Crippen MR) is 95.1 cm³/mol. The Morgan fingerprint density at radius 2 is 1.76 bits per heavy atom. The van der Waals surface area contributed by atoms with Crippen LogP contribution in [0.15, 0.2) is 42.5 Å². The molecule has 0 saturated carbocycles. The van der Waals surface area contributed by atoms with Gasteiger partial charge in [-0.2, -0.15) is 0 Å². The Labute approximate surface area is 148 Å². The first-order chi connectivity index (χ1) is 12.2. The Bertz CT molecular complexity index is 745. The smallest absolute Gasteiger partial charge is 0.249 e. The van der Waals surface area contributed by atoms with Crippen LogP contribution < -0.4 is 9.47 Å². The molecule has 0 fully saturated rings. The van der Waals surface area contributed by atoms with Gasteiger partial charge >= 0.3 is 0 Å². The summed E-state index contributed by atoms with van der Waals surface area (Å²) in [5.41, 5.74) is 3.31. The maximum Gasteiger partial charge on any atom is 0.249 e. The molecule has 5 nitrogen and oxygen atoms in total. The van der Waals surface area contributed by atoms with Crippen molar-refractivity contribution >= 4 is 5.91 Å². The number of carbonyl (C=O) groups is 1. The monoisotopic (exact) mass is 341 g/mol. The number of ether oxygens (including phenoxy) is 3. The van der Waals surface area contributed by atoms with Crippen LogP contribution in [-0.4, -0.2) is 45.3 Å². The van der Waals surface area contributed by atoms with E-state index in [1.807, 2.05) is 47.4 Å². The Balaban J connectivity index is 2.12. The second-order valence-electron chi connectivity index (χ2n) is 5.99. The van der Waals surface area contributed by atoms with E-state index in [9.17, 15) is 4.79 Å². The number of benzene rings is 2. The molecule has 0 aromatic heterocycles. The summed E-state index contributed by atoms with van der Waals surface area (Å²) in [7, 11) is 4.80. The largest absolute Gasteiger partial charge is 0.493 e. The molecule has 2 aromatic carbocycles. The molecule has 5 heteroatoms. The standard InChI is InChI=1S/C20H23NO4/c1-23-13-19(22)21-10-9-15-11-17(24-2)18(25-3)12-16(15)20(21)14-7-5-4-6-8-14/h4-8,11-12,20H,9-10,13H2,1-3H3/t20-/m1/s1. The Hall–Kier alpha value is -2.53. The third-order valence-corrected chi connectivity index (χ3v) is 4.58. The lowest BCUT2D eigenvalue weighted by atomic mass is 9.87. The summed E-state index contributed by atoms with van der Waals surface area (Å²) in [5, 5.41) is 0. The van der Waals surface area contributed by atoms with E-state index in [0.29, 0.717) is 18.0 Å². The fourth-order valence-corrected chi connectivity index (χ4v) is 3.42. The summed E-state index contributed by atoms with van der Waals surface area (Å²) in [6.45, 7) is 0.718. The molecule has 0 N–H and O–H groups in total. The van der Waals surface area contributed by atoms with Crippen molar-refractivity contribution in [1.29, 1.82) is 0 Å². The van der Waals surface area contributed by atoms with Crippen molar-refractivity contribution in [3.8, 4) is 11.5 Å². The van der Waals surface area contributed by atoms with E-state index in [-0.39, 0.29) is 18.6 Å². The number of amides is 1. The van der Waals surface area contributed by atoms with Crippen LogP contribution in [0.1, 0.15) is 22.7 Å². The van der Waals surface area contributed by atoms with E-state index in [1.54, 1.807) is 21.3 Å². The van der Waals surface area contributed by atoms with E-state index >= 15 is 0 Å². The molecular weight excluding hydrogens is 318 g/mol. The fraction of sp³-hybridized carbons (Fsp3) is 0.350. The zero-order chi connectivity index (χ0) is 17.8. The molecule has 0 bridgehead atoms. The highest BCUT2D eigenvalue weighted by Crippen LogP contribution is 2.40. The summed E-state index contributed by atoms with van der Waals surface area (Å²) in [4.78, 5) is 14.5. The van der Waals surface area contributed by atoms with Crippen molar-refractivity contribution in [2.24, 2.45) is 0 Å². The lowest BCUT2D eigenvalue weighted by Crippen LogP contribution is -2.42. The highest BCUT2D eigenvalue weighted by molar-refractivity contribution is 5.79. The summed E-state index contributed by atoms with van der Waals surface area (Å²) in [5.74, 6) is 1.37. The molecule has 3 rings (SSSR count).